The second kappa shape index (κ2) is 5.04. The van der Waals surface area contributed by atoms with Crippen LogP contribution < -0.4 is 5.32 Å². The molecule has 94 valence electrons. The summed E-state index contributed by atoms with van der Waals surface area (Å²) in [6.45, 7) is 8.02. The molecule has 0 saturated heterocycles. The number of amides is 1. The number of hydrogen-bond donors (Lipinski definition) is 1. The Balaban J connectivity index is 2.29. The van der Waals surface area contributed by atoms with Crippen molar-refractivity contribution in [2.24, 2.45) is 0 Å². The van der Waals surface area contributed by atoms with Gasteiger partial charge in [-0.15, -0.1) is 6.58 Å². The fourth-order valence-corrected chi connectivity index (χ4v) is 2.04. The molecule has 1 aromatic heterocycles. The van der Waals surface area contributed by atoms with Crippen molar-refractivity contribution < 1.29 is 9.32 Å². The summed E-state index contributed by atoms with van der Waals surface area (Å²) in [5.41, 5.74) is 3.62. The quantitative estimate of drug-likeness (QED) is 0.839. The summed E-state index contributed by atoms with van der Waals surface area (Å²) in [7, 11) is 0. The lowest BCUT2D eigenvalue weighted by molar-refractivity contribution is -0.120. The molecule has 0 atom stereocenters. The van der Waals surface area contributed by atoms with E-state index in [0.717, 1.165) is 22.1 Å². The second-order valence-electron chi connectivity index (χ2n) is 4.35. The largest absolute Gasteiger partial charge is 0.356 e. The first-order chi connectivity index (χ1) is 8.61. The standard InChI is InChI=1S/C14H16N2O2/c1-4-5-15-13(17)8-11-14-10(3)6-9(2)7-12(14)18-16-11/h4,6-7H,1,5,8H2,2-3H3,(H,15,17). The van der Waals surface area contributed by atoms with E-state index < -0.39 is 0 Å². The zero-order chi connectivity index (χ0) is 13.1. The average molecular weight is 244 g/mol. The van der Waals surface area contributed by atoms with Gasteiger partial charge in [0.2, 0.25) is 5.91 Å². The van der Waals surface area contributed by atoms with Crippen molar-refractivity contribution >= 4 is 16.9 Å². The van der Waals surface area contributed by atoms with Gasteiger partial charge in [-0.2, -0.15) is 0 Å². The van der Waals surface area contributed by atoms with E-state index in [9.17, 15) is 4.79 Å². The van der Waals surface area contributed by atoms with Gasteiger partial charge in [-0.3, -0.25) is 4.79 Å². The molecule has 0 bridgehead atoms. The second-order valence-corrected chi connectivity index (χ2v) is 4.35. The molecule has 1 heterocycles. The minimum Gasteiger partial charge on any atom is -0.356 e. The van der Waals surface area contributed by atoms with Crippen molar-refractivity contribution in [3.05, 3.63) is 41.6 Å². The molecule has 18 heavy (non-hydrogen) atoms. The molecule has 0 unspecified atom stereocenters. The maximum atomic E-state index is 11.7. The number of rotatable bonds is 4. The van der Waals surface area contributed by atoms with Gasteiger partial charge in [-0.05, 0) is 31.0 Å². The van der Waals surface area contributed by atoms with E-state index in [2.05, 4.69) is 23.1 Å². The third-order valence-corrected chi connectivity index (χ3v) is 2.76. The van der Waals surface area contributed by atoms with E-state index in [1.165, 1.54) is 0 Å². The summed E-state index contributed by atoms with van der Waals surface area (Å²) in [6, 6.07) is 3.99. The van der Waals surface area contributed by atoms with E-state index in [0.29, 0.717) is 12.2 Å². The Morgan fingerprint density at radius 3 is 3.00 bits per heavy atom. The lowest BCUT2D eigenvalue weighted by atomic mass is 10.0. The molecule has 2 aromatic rings. The maximum absolute atomic E-state index is 11.7. The van der Waals surface area contributed by atoms with Crippen LogP contribution in [0.4, 0.5) is 0 Å². The summed E-state index contributed by atoms with van der Waals surface area (Å²) in [6.07, 6.45) is 1.87. The Hall–Kier alpha value is -2.10. The Morgan fingerprint density at radius 2 is 2.28 bits per heavy atom. The molecular weight excluding hydrogens is 228 g/mol. The minimum atomic E-state index is -0.0786. The van der Waals surface area contributed by atoms with Gasteiger partial charge in [0.05, 0.1) is 6.42 Å². The van der Waals surface area contributed by atoms with E-state index in [-0.39, 0.29) is 12.3 Å². The number of hydrogen-bond acceptors (Lipinski definition) is 3. The molecule has 2 rings (SSSR count). The van der Waals surface area contributed by atoms with Gasteiger partial charge in [0.25, 0.3) is 0 Å². The monoisotopic (exact) mass is 244 g/mol. The van der Waals surface area contributed by atoms with E-state index in [4.69, 9.17) is 4.52 Å². The highest BCUT2D eigenvalue weighted by Gasteiger charge is 2.14. The van der Waals surface area contributed by atoms with E-state index in [1.807, 2.05) is 19.9 Å². The highest BCUT2D eigenvalue weighted by molar-refractivity contribution is 5.88. The number of benzene rings is 1. The summed E-state index contributed by atoms with van der Waals surface area (Å²) in [4.78, 5) is 11.7. The first kappa shape index (κ1) is 12.4. The molecule has 0 aliphatic heterocycles. The van der Waals surface area contributed by atoms with Gasteiger partial charge in [0.1, 0.15) is 5.69 Å². The van der Waals surface area contributed by atoms with Gasteiger partial charge < -0.3 is 9.84 Å². The van der Waals surface area contributed by atoms with Crippen molar-refractivity contribution in [2.45, 2.75) is 20.3 Å². The number of fused-ring (bicyclic) bond motifs is 1. The molecule has 1 N–H and O–H groups in total. The molecular formula is C14H16N2O2. The molecule has 0 saturated carbocycles. The molecule has 0 fully saturated rings. The Kier molecular flexibility index (Phi) is 3.46. The molecule has 4 heteroatoms. The lowest BCUT2D eigenvalue weighted by Gasteiger charge is -2.01. The number of carbonyl (C=O) groups excluding carboxylic acids is 1. The molecule has 0 radical (unpaired) electrons. The first-order valence-electron chi connectivity index (χ1n) is 5.85. The van der Waals surface area contributed by atoms with Gasteiger partial charge in [-0.1, -0.05) is 17.3 Å². The minimum absolute atomic E-state index is 0.0786. The fraction of sp³-hybridized carbons (Fsp3) is 0.286. The van der Waals surface area contributed by atoms with Gasteiger partial charge in [0.15, 0.2) is 5.58 Å². The molecule has 0 aliphatic rings. The highest BCUT2D eigenvalue weighted by Crippen LogP contribution is 2.24. The van der Waals surface area contributed by atoms with Gasteiger partial charge >= 0.3 is 0 Å². The topological polar surface area (TPSA) is 55.1 Å². The number of aromatic nitrogens is 1. The van der Waals surface area contributed by atoms with Crippen LogP contribution >= 0.6 is 0 Å². The van der Waals surface area contributed by atoms with Gasteiger partial charge in [0, 0.05) is 11.9 Å². The summed E-state index contributed by atoms with van der Waals surface area (Å²) < 4.78 is 5.27. The van der Waals surface area contributed by atoms with Crippen molar-refractivity contribution in [1.82, 2.24) is 10.5 Å². The predicted octanol–water partition coefficient (Wildman–Crippen LogP) is 2.29. The Labute approximate surface area is 106 Å². The van der Waals surface area contributed by atoms with Crippen molar-refractivity contribution in [3.63, 3.8) is 0 Å². The van der Waals surface area contributed by atoms with Crippen molar-refractivity contribution in [3.8, 4) is 0 Å². The fourth-order valence-electron chi connectivity index (χ4n) is 2.04. The Morgan fingerprint density at radius 1 is 1.50 bits per heavy atom. The van der Waals surface area contributed by atoms with Gasteiger partial charge in [-0.25, -0.2) is 0 Å². The van der Waals surface area contributed by atoms with Crippen LogP contribution in [0.2, 0.25) is 0 Å². The van der Waals surface area contributed by atoms with Crippen LogP contribution in [0.5, 0.6) is 0 Å². The van der Waals surface area contributed by atoms with Crippen LogP contribution in [-0.4, -0.2) is 17.6 Å². The zero-order valence-electron chi connectivity index (χ0n) is 10.6. The molecule has 0 spiro atoms. The van der Waals surface area contributed by atoms with Crippen LogP contribution in [0, 0.1) is 13.8 Å². The molecule has 0 aliphatic carbocycles. The SMILES string of the molecule is C=CCNC(=O)Cc1noc2cc(C)cc(C)c12. The normalized spacial score (nSPS) is 10.6. The van der Waals surface area contributed by atoms with Crippen LogP contribution in [0.1, 0.15) is 16.8 Å². The molecule has 4 nitrogen and oxygen atoms in total. The predicted molar refractivity (Wildman–Crippen MR) is 70.4 cm³/mol. The number of aryl methyl sites for hydroxylation is 2. The Bertz CT molecular complexity index is 599. The average Bonchev–Trinajstić information content (AvgIpc) is 2.69. The smallest absolute Gasteiger partial charge is 0.226 e. The third-order valence-electron chi connectivity index (χ3n) is 2.76. The first-order valence-corrected chi connectivity index (χ1v) is 5.85. The molecule has 1 amide bonds. The summed E-state index contributed by atoms with van der Waals surface area (Å²) in [5.74, 6) is -0.0786. The zero-order valence-corrected chi connectivity index (χ0v) is 10.6. The maximum Gasteiger partial charge on any atom is 0.226 e. The van der Waals surface area contributed by atoms with Crippen LogP contribution in [0.3, 0.4) is 0 Å². The van der Waals surface area contributed by atoms with Crippen LogP contribution in [0.25, 0.3) is 11.0 Å². The van der Waals surface area contributed by atoms with E-state index in [1.54, 1.807) is 6.08 Å². The number of nitrogens with zero attached hydrogens (tertiary/aromatic N) is 1. The summed E-state index contributed by atoms with van der Waals surface area (Å²) in [5, 5.41) is 7.65. The van der Waals surface area contributed by atoms with Crippen molar-refractivity contribution in [2.75, 3.05) is 6.54 Å². The van der Waals surface area contributed by atoms with Crippen molar-refractivity contribution in [1.29, 1.82) is 0 Å². The lowest BCUT2D eigenvalue weighted by Crippen LogP contribution is -2.25. The molecule has 1 aromatic carbocycles. The summed E-state index contributed by atoms with van der Waals surface area (Å²) >= 11 is 0. The van der Waals surface area contributed by atoms with Crippen LogP contribution in [0.15, 0.2) is 29.3 Å². The number of carbonyl (C=O) groups is 1. The van der Waals surface area contributed by atoms with E-state index >= 15 is 0 Å². The van der Waals surface area contributed by atoms with Crippen LogP contribution in [-0.2, 0) is 11.2 Å². The number of nitrogens with one attached hydrogen (secondary N) is 1. The third kappa shape index (κ3) is 2.42. The highest BCUT2D eigenvalue weighted by atomic mass is 16.5.